The van der Waals surface area contributed by atoms with Gasteiger partial charge in [0.05, 0.1) is 7.11 Å². The Labute approximate surface area is 116 Å². The van der Waals surface area contributed by atoms with E-state index in [-0.39, 0.29) is 0 Å². The Morgan fingerprint density at radius 3 is 2.84 bits per heavy atom. The van der Waals surface area contributed by atoms with Crippen LogP contribution in [0, 0.1) is 0 Å². The third-order valence-electron chi connectivity index (χ3n) is 3.87. The van der Waals surface area contributed by atoms with E-state index < -0.39 is 0 Å². The summed E-state index contributed by atoms with van der Waals surface area (Å²) < 4.78 is 5.26. The lowest BCUT2D eigenvalue weighted by molar-refractivity contribution is 0.215. The minimum atomic E-state index is 0.688. The molecule has 1 aliphatic heterocycles. The molecular weight excluding hydrogens is 238 g/mol. The number of ether oxygens (including phenoxy) is 1. The van der Waals surface area contributed by atoms with Gasteiger partial charge in [-0.1, -0.05) is 0 Å². The second-order valence-corrected chi connectivity index (χ2v) is 5.59. The van der Waals surface area contributed by atoms with E-state index in [0.717, 1.165) is 24.5 Å². The molecule has 0 aliphatic carbocycles. The molecule has 1 aromatic carbocycles. The Bertz CT molecular complexity index is 422. The molecule has 106 valence electrons. The van der Waals surface area contributed by atoms with E-state index in [4.69, 9.17) is 10.5 Å². The highest BCUT2D eigenvalue weighted by atomic mass is 16.5. The number of likely N-dealkylation sites (N-methyl/N-ethyl adjacent to an activating group) is 2. The molecule has 0 radical (unpaired) electrons. The van der Waals surface area contributed by atoms with E-state index in [1.54, 1.807) is 7.11 Å². The fourth-order valence-corrected chi connectivity index (χ4v) is 2.84. The molecule has 19 heavy (non-hydrogen) atoms. The monoisotopic (exact) mass is 263 g/mol. The van der Waals surface area contributed by atoms with Crippen LogP contribution in [0.5, 0.6) is 5.75 Å². The summed E-state index contributed by atoms with van der Waals surface area (Å²) in [4.78, 5) is 4.82. The van der Waals surface area contributed by atoms with Crippen LogP contribution in [0.1, 0.15) is 18.4 Å². The first kappa shape index (κ1) is 14.2. The Hall–Kier alpha value is -1.26. The average molecular weight is 263 g/mol. The van der Waals surface area contributed by atoms with E-state index in [2.05, 4.69) is 30.0 Å². The van der Waals surface area contributed by atoms with Gasteiger partial charge in [-0.15, -0.1) is 0 Å². The number of hydrogen-bond donors (Lipinski definition) is 1. The molecular formula is C15H25N3O. The minimum Gasteiger partial charge on any atom is -0.497 e. The van der Waals surface area contributed by atoms with Gasteiger partial charge in [0.2, 0.25) is 0 Å². The van der Waals surface area contributed by atoms with E-state index in [9.17, 15) is 0 Å². The summed E-state index contributed by atoms with van der Waals surface area (Å²) in [5, 5.41) is 0. The number of nitrogens with zero attached hydrogens (tertiary/aromatic N) is 2. The van der Waals surface area contributed by atoms with Gasteiger partial charge in [-0.25, -0.2) is 0 Å². The zero-order valence-corrected chi connectivity index (χ0v) is 12.2. The van der Waals surface area contributed by atoms with E-state index in [1.807, 2.05) is 12.1 Å². The summed E-state index contributed by atoms with van der Waals surface area (Å²) in [6, 6.07) is 6.63. The maximum Gasteiger partial charge on any atom is 0.121 e. The van der Waals surface area contributed by atoms with Crippen LogP contribution in [-0.4, -0.2) is 50.1 Å². The summed E-state index contributed by atoms with van der Waals surface area (Å²) in [6.45, 7) is 3.24. The third kappa shape index (κ3) is 3.85. The maximum absolute atomic E-state index is 5.89. The second-order valence-electron chi connectivity index (χ2n) is 5.59. The molecule has 1 atom stereocenters. The molecule has 0 aromatic heterocycles. The Balaban J connectivity index is 1.94. The molecule has 4 nitrogen and oxygen atoms in total. The van der Waals surface area contributed by atoms with Gasteiger partial charge in [0.25, 0.3) is 0 Å². The van der Waals surface area contributed by atoms with Crippen LogP contribution in [0.4, 0.5) is 5.69 Å². The van der Waals surface area contributed by atoms with Crippen molar-refractivity contribution in [1.29, 1.82) is 0 Å². The van der Waals surface area contributed by atoms with Crippen molar-refractivity contribution >= 4 is 5.69 Å². The van der Waals surface area contributed by atoms with Crippen molar-refractivity contribution in [2.45, 2.75) is 25.4 Å². The predicted molar refractivity (Wildman–Crippen MR) is 79.4 cm³/mol. The highest BCUT2D eigenvalue weighted by Crippen LogP contribution is 2.20. The predicted octanol–water partition coefficient (Wildman–Crippen LogP) is 1.80. The van der Waals surface area contributed by atoms with Crippen molar-refractivity contribution in [1.82, 2.24) is 9.80 Å². The molecule has 4 heteroatoms. The number of nitrogens with two attached hydrogens (primary N) is 1. The summed E-state index contributed by atoms with van der Waals surface area (Å²) in [5.74, 6) is 0.835. The van der Waals surface area contributed by atoms with Crippen LogP contribution < -0.4 is 10.5 Å². The highest BCUT2D eigenvalue weighted by molar-refractivity contribution is 5.47. The topological polar surface area (TPSA) is 41.7 Å². The normalized spacial score (nSPS) is 20.1. The summed E-state index contributed by atoms with van der Waals surface area (Å²) >= 11 is 0. The molecule has 0 amide bonds. The molecule has 2 N–H and O–H groups in total. The number of benzene rings is 1. The Morgan fingerprint density at radius 1 is 1.42 bits per heavy atom. The number of anilines is 1. The number of methoxy groups -OCH3 is 1. The van der Waals surface area contributed by atoms with Crippen LogP contribution in [0.25, 0.3) is 0 Å². The number of hydrogen-bond acceptors (Lipinski definition) is 4. The van der Waals surface area contributed by atoms with Gasteiger partial charge in [-0.2, -0.15) is 0 Å². The van der Waals surface area contributed by atoms with Crippen LogP contribution in [-0.2, 0) is 6.54 Å². The molecule has 1 heterocycles. The van der Waals surface area contributed by atoms with E-state index in [0.29, 0.717) is 6.04 Å². The molecule has 1 saturated heterocycles. The molecule has 0 spiro atoms. The first-order valence-electron chi connectivity index (χ1n) is 6.90. The van der Waals surface area contributed by atoms with Crippen LogP contribution in [0.2, 0.25) is 0 Å². The molecule has 1 aromatic rings. The average Bonchev–Trinajstić information content (AvgIpc) is 2.74. The molecule has 2 rings (SSSR count). The number of rotatable bonds is 5. The summed E-state index contributed by atoms with van der Waals surface area (Å²) in [6.07, 6.45) is 2.63. The van der Waals surface area contributed by atoms with Crippen molar-refractivity contribution < 1.29 is 4.74 Å². The van der Waals surface area contributed by atoms with E-state index in [1.165, 1.54) is 24.9 Å². The lowest BCUT2D eigenvalue weighted by atomic mass is 10.1. The van der Waals surface area contributed by atoms with Gasteiger partial charge in [0.15, 0.2) is 0 Å². The molecule has 0 saturated carbocycles. The second kappa shape index (κ2) is 6.26. The van der Waals surface area contributed by atoms with Gasteiger partial charge < -0.3 is 20.3 Å². The fourth-order valence-electron chi connectivity index (χ4n) is 2.84. The summed E-state index contributed by atoms with van der Waals surface area (Å²) in [5.41, 5.74) is 7.86. The minimum absolute atomic E-state index is 0.688. The fraction of sp³-hybridized carbons (Fsp3) is 0.600. The van der Waals surface area contributed by atoms with Crippen molar-refractivity contribution in [2.75, 3.05) is 40.0 Å². The Morgan fingerprint density at radius 2 is 2.21 bits per heavy atom. The molecule has 1 aliphatic rings. The van der Waals surface area contributed by atoms with E-state index >= 15 is 0 Å². The van der Waals surface area contributed by atoms with Crippen molar-refractivity contribution in [3.8, 4) is 5.75 Å². The SMILES string of the molecule is COc1cc(N)cc(CN(C)CC2CCCN2C)c1. The number of likely N-dealkylation sites (tertiary alicyclic amines) is 1. The first-order chi connectivity index (χ1) is 9.08. The lowest BCUT2D eigenvalue weighted by Gasteiger charge is -2.26. The number of nitrogen functional groups attached to an aromatic ring is 1. The quantitative estimate of drug-likeness (QED) is 0.823. The van der Waals surface area contributed by atoms with Gasteiger partial charge in [-0.05, 0) is 51.2 Å². The van der Waals surface area contributed by atoms with Gasteiger partial charge >= 0.3 is 0 Å². The zero-order chi connectivity index (χ0) is 13.8. The highest BCUT2D eigenvalue weighted by Gasteiger charge is 2.21. The smallest absolute Gasteiger partial charge is 0.121 e. The summed E-state index contributed by atoms with van der Waals surface area (Å²) in [7, 11) is 6.06. The van der Waals surface area contributed by atoms with Crippen molar-refractivity contribution in [3.05, 3.63) is 23.8 Å². The Kier molecular flexibility index (Phi) is 4.66. The zero-order valence-electron chi connectivity index (χ0n) is 12.2. The molecule has 0 bridgehead atoms. The van der Waals surface area contributed by atoms with Crippen LogP contribution >= 0.6 is 0 Å². The van der Waals surface area contributed by atoms with Crippen LogP contribution in [0.15, 0.2) is 18.2 Å². The lowest BCUT2D eigenvalue weighted by Crippen LogP contribution is -2.36. The standard InChI is InChI=1S/C15H25N3O/c1-17(11-14-5-4-6-18(14)2)10-12-7-13(16)9-15(8-12)19-3/h7-9,14H,4-6,10-11,16H2,1-3H3. The van der Waals surface area contributed by atoms with Crippen LogP contribution in [0.3, 0.4) is 0 Å². The largest absolute Gasteiger partial charge is 0.497 e. The molecule has 1 fully saturated rings. The van der Waals surface area contributed by atoms with Crippen molar-refractivity contribution in [2.24, 2.45) is 0 Å². The van der Waals surface area contributed by atoms with Gasteiger partial charge in [-0.3, -0.25) is 0 Å². The van der Waals surface area contributed by atoms with Gasteiger partial charge in [0, 0.05) is 30.9 Å². The maximum atomic E-state index is 5.89. The molecule has 1 unspecified atom stereocenters. The van der Waals surface area contributed by atoms with Gasteiger partial charge in [0.1, 0.15) is 5.75 Å². The first-order valence-corrected chi connectivity index (χ1v) is 6.90. The third-order valence-corrected chi connectivity index (χ3v) is 3.87. The van der Waals surface area contributed by atoms with Crippen molar-refractivity contribution in [3.63, 3.8) is 0 Å².